The molecule has 4 nitrogen and oxygen atoms in total. The molecule has 0 aliphatic carbocycles. The zero-order valence-electron chi connectivity index (χ0n) is 12.1. The van der Waals surface area contributed by atoms with Crippen LogP contribution in [0.5, 0.6) is 5.75 Å². The molecule has 0 bridgehead atoms. The van der Waals surface area contributed by atoms with Crippen LogP contribution in [0, 0.1) is 5.92 Å². The third-order valence-corrected chi connectivity index (χ3v) is 3.60. The molecule has 114 valence electrons. The van der Waals surface area contributed by atoms with Crippen LogP contribution in [0.1, 0.15) is 17.3 Å². The van der Waals surface area contributed by atoms with Gasteiger partial charge in [0.25, 0.3) is 0 Å². The van der Waals surface area contributed by atoms with Crippen molar-refractivity contribution in [2.45, 2.75) is 13.0 Å². The van der Waals surface area contributed by atoms with Crippen LogP contribution < -0.4 is 9.50 Å². The maximum absolute atomic E-state index is 12.6. The molecule has 2 atom stereocenters. The van der Waals surface area contributed by atoms with Crippen molar-refractivity contribution in [1.29, 1.82) is 0 Å². The number of hydrogen-bond donors (Lipinski definition) is 2. The predicted molar refractivity (Wildman–Crippen MR) is 89.5 cm³/mol. The molecular formula is C17H17NO3S. The predicted octanol–water partition coefficient (Wildman–Crippen LogP) is 3.41. The Bertz CT molecular complexity index is 645. The van der Waals surface area contributed by atoms with E-state index in [4.69, 9.17) is 4.18 Å². The van der Waals surface area contributed by atoms with Gasteiger partial charge in [0.05, 0.1) is 11.5 Å². The normalized spacial score (nSPS) is 13.0. The first-order valence-corrected chi connectivity index (χ1v) is 7.25. The lowest BCUT2D eigenvalue weighted by atomic mass is 9.92. The molecule has 0 heterocycles. The Morgan fingerprint density at radius 3 is 2.41 bits per heavy atom. The summed E-state index contributed by atoms with van der Waals surface area (Å²) in [6.07, 6.45) is 0.665. The number of thiol groups is 1. The lowest BCUT2D eigenvalue weighted by Gasteiger charge is -2.21. The molecule has 0 saturated carbocycles. The molecule has 5 heteroatoms. The maximum atomic E-state index is 12.6. The van der Waals surface area contributed by atoms with Crippen molar-refractivity contribution in [1.82, 2.24) is 0 Å². The number of ketones is 1. The van der Waals surface area contributed by atoms with Crippen molar-refractivity contribution in [3.8, 4) is 5.75 Å². The van der Waals surface area contributed by atoms with Crippen molar-refractivity contribution in [2.24, 2.45) is 5.92 Å². The van der Waals surface area contributed by atoms with Gasteiger partial charge in [-0.2, -0.15) is 0 Å². The number of anilines is 1. The maximum Gasteiger partial charge on any atom is 0.178 e. The number of carbonyl (C=O) groups is 2. The van der Waals surface area contributed by atoms with Crippen LogP contribution in [0.4, 0.5) is 5.69 Å². The number of benzene rings is 2. The van der Waals surface area contributed by atoms with E-state index in [1.165, 1.54) is 0 Å². The van der Waals surface area contributed by atoms with Gasteiger partial charge in [0.1, 0.15) is 12.0 Å². The zero-order chi connectivity index (χ0) is 15.9. The smallest absolute Gasteiger partial charge is 0.178 e. The summed E-state index contributed by atoms with van der Waals surface area (Å²) in [5.74, 6) is -0.769. The summed E-state index contributed by atoms with van der Waals surface area (Å²) < 4.78 is 4.90. The molecule has 0 saturated heterocycles. The monoisotopic (exact) mass is 315 g/mol. The van der Waals surface area contributed by atoms with Crippen molar-refractivity contribution >= 4 is 30.7 Å². The van der Waals surface area contributed by atoms with E-state index in [2.05, 4.69) is 18.2 Å². The molecule has 0 aliphatic rings. The average molecular weight is 315 g/mol. The lowest BCUT2D eigenvalue weighted by Crippen LogP contribution is -2.33. The molecule has 0 aliphatic heterocycles. The zero-order valence-corrected chi connectivity index (χ0v) is 13.0. The molecule has 0 spiro atoms. The first kappa shape index (κ1) is 16.1. The number of hydrogen-bond acceptors (Lipinski definition) is 5. The van der Waals surface area contributed by atoms with Gasteiger partial charge >= 0.3 is 0 Å². The SMILES string of the molecule is CC(Nc1ccccc1)C(C=O)C(=O)c1ccccc1OS. The summed E-state index contributed by atoms with van der Waals surface area (Å²) in [6, 6.07) is 15.8. The van der Waals surface area contributed by atoms with Crippen LogP contribution in [0.15, 0.2) is 54.6 Å². The van der Waals surface area contributed by atoms with Gasteiger partial charge in [0.2, 0.25) is 0 Å². The van der Waals surface area contributed by atoms with Gasteiger partial charge in [0.15, 0.2) is 5.78 Å². The van der Waals surface area contributed by atoms with Crippen LogP contribution in [-0.2, 0) is 4.79 Å². The van der Waals surface area contributed by atoms with E-state index < -0.39 is 5.92 Å². The Balaban J connectivity index is 2.20. The van der Waals surface area contributed by atoms with E-state index in [-0.39, 0.29) is 11.8 Å². The first-order valence-electron chi connectivity index (χ1n) is 6.89. The molecule has 2 aromatic carbocycles. The number of nitrogens with one attached hydrogen (secondary N) is 1. The largest absolute Gasteiger partial charge is 0.428 e. The van der Waals surface area contributed by atoms with Crippen LogP contribution in [0.25, 0.3) is 0 Å². The Hall–Kier alpha value is -2.27. The van der Waals surface area contributed by atoms with Gasteiger partial charge in [-0.15, -0.1) is 0 Å². The van der Waals surface area contributed by atoms with Crippen molar-refractivity contribution in [2.75, 3.05) is 5.32 Å². The Kier molecular flexibility index (Phi) is 5.61. The van der Waals surface area contributed by atoms with Gasteiger partial charge in [-0.05, 0) is 31.2 Å². The second-order valence-electron chi connectivity index (χ2n) is 4.91. The molecule has 2 aromatic rings. The number of carbonyl (C=O) groups excluding carboxylic acids is 2. The molecule has 0 amide bonds. The second-order valence-corrected chi connectivity index (χ2v) is 5.10. The van der Waals surface area contributed by atoms with Crippen LogP contribution in [-0.4, -0.2) is 18.1 Å². The highest BCUT2D eigenvalue weighted by Gasteiger charge is 2.27. The van der Waals surface area contributed by atoms with E-state index in [9.17, 15) is 9.59 Å². The Morgan fingerprint density at radius 2 is 1.77 bits per heavy atom. The molecule has 22 heavy (non-hydrogen) atoms. The number of rotatable bonds is 7. The summed E-state index contributed by atoms with van der Waals surface area (Å²) in [5.41, 5.74) is 1.20. The van der Waals surface area contributed by atoms with E-state index >= 15 is 0 Å². The topological polar surface area (TPSA) is 55.4 Å². The highest BCUT2D eigenvalue weighted by Crippen LogP contribution is 2.24. The fraction of sp³-hybridized carbons (Fsp3) is 0.176. The minimum Gasteiger partial charge on any atom is -0.428 e. The van der Waals surface area contributed by atoms with Gasteiger partial charge in [0, 0.05) is 24.6 Å². The second kappa shape index (κ2) is 7.66. The highest BCUT2D eigenvalue weighted by atomic mass is 32.1. The third kappa shape index (κ3) is 3.68. The van der Waals surface area contributed by atoms with Crippen LogP contribution in [0.3, 0.4) is 0 Å². The molecule has 2 unspecified atom stereocenters. The molecule has 1 N–H and O–H groups in total. The molecule has 0 radical (unpaired) electrons. The van der Waals surface area contributed by atoms with Gasteiger partial charge in [-0.1, -0.05) is 30.3 Å². The fourth-order valence-corrected chi connectivity index (χ4v) is 2.38. The van der Waals surface area contributed by atoms with Crippen molar-refractivity contribution in [3.63, 3.8) is 0 Å². The minimum atomic E-state index is -0.815. The average Bonchev–Trinajstić information content (AvgIpc) is 2.56. The highest BCUT2D eigenvalue weighted by molar-refractivity contribution is 7.75. The Morgan fingerprint density at radius 1 is 1.14 bits per heavy atom. The van der Waals surface area contributed by atoms with Crippen LogP contribution >= 0.6 is 12.9 Å². The van der Waals surface area contributed by atoms with E-state index in [1.54, 1.807) is 31.2 Å². The number of para-hydroxylation sites is 2. The van der Waals surface area contributed by atoms with E-state index in [0.717, 1.165) is 5.69 Å². The Labute approximate surface area is 135 Å². The van der Waals surface area contributed by atoms with Gasteiger partial charge in [-0.3, -0.25) is 4.79 Å². The van der Waals surface area contributed by atoms with E-state index in [1.807, 2.05) is 30.3 Å². The summed E-state index contributed by atoms with van der Waals surface area (Å²) in [4.78, 5) is 24.0. The minimum absolute atomic E-state index is 0.296. The standard InChI is InChI=1S/C17H17NO3S/c1-12(18-13-7-3-2-4-8-13)15(11-19)17(20)14-9-5-6-10-16(14)21-22/h2-12,15,18,22H,1H3. The summed E-state index contributed by atoms with van der Waals surface area (Å²) in [7, 11) is 0. The van der Waals surface area contributed by atoms with Gasteiger partial charge < -0.3 is 14.3 Å². The van der Waals surface area contributed by atoms with Crippen molar-refractivity contribution < 1.29 is 13.8 Å². The number of aldehydes is 1. The van der Waals surface area contributed by atoms with Crippen molar-refractivity contribution in [3.05, 3.63) is 60.2 Å². The van der Waals surface area contributed by atoms with Crippen LogP contribution in [0.2, 0.25) is 0 Å². The summed E-state index contributed by atoms with van der Waals surface area (Å²) in [6.45, 7) is 1.80. The van der Waals surface area contributed by atoms with E-state index in [0.29, 0.717) is 17.6 Å². The lowest BCUT2D eigenvalue weighted by molar-refractivity contribution is -0.110. The van der Waals surface area contributed by atoms with Gasteiger partial charge in [-0.25, -0.2) is 0 Å². The molecular weight excluding hydrogens is 298 g/mol. The fourth-order valence-electron chi connectivity index (χ4n) is 2.22. The summed E-state index contributed by atoms with van der Waals surface area (Å²) in [5, 5.41) is 3.17. The molecule has 0 aromatic heterocycles. The molecule has 0 fully saturated rings. The number of Topliss-reactive ketones (excluding diaryl/α,β-unsaturated/α-hetero) is 1. The molecule has 2 rings (SSSR count). The summed E-state index contributed by atoms with van der Waals surface area (Å²) >= 11 is 3.75. The quantitative estimate of drug-likeness (QED) is 0.270. The third-order valence-electron chi connectivity index (χ3n) is 3.41. The first-order chi connectivity index (χ1) is 10.7.